The van der Waals surface area contributed by atoms with Crippen LogP contribution in [0.1, 0.15) is 41.6 Å². The van der Waals surface area contributed by atoms with E-state index < -0.39 is 5.97 Å². The van der Waals surface area contributed by atoms with Gasteiger partial charge >= 0.3 is 12.0 Å². The maximum Gasteiger partial charge on any atom is 0.337 e. The Morgan fingerprint density at radius 3 is 2.04 bits per heavy atom. The van der Waals surface area contributed by atoms with Crippen LogP contribution in [-0.4, -0.2) is 41.4 Å². The Morgan fingerprint density at radius 1 is 0.778 bits per heavy atom. The molecule has 0 saturated heterocycles. The zero-order valence-corrected chi connectivity index (χ0v) is 25.6. The van der Waals surface area contributed by atoms with Crippen LogP contribution in [0.25, 0.3) is 0 Å². The third-order valence-electron chi connectivity index (χ3n) is 7.44. The van der Waals surface area contributed by atoms with E-state index in [1.165, 1.54) is 6.07 Å². The highest BCUT2D eigenvalue weighted by atomic mass is 32.2. The van der Waals surface area contributed by atoms with E-state index in [0.717, 1.165) is 47.6 Å². The summed E-state index contributed by atoms with van der Waals surface area (Å²) in [5.74, 6) is 0.627. The summed E-state index contributed by atoms with van der Waals surface area (Å²) in [6.07, 6.45) is 5.58. The fourth-order valence-electron chi connectivity index (χ4n) is 5.10. The molecule has 0 bridgehead atoms. The second-order valence-corrected chi connectivity index (χ2v) is 11.6. The van der Waals surface area contributed by atoms with Crippen molar-refractivity contribution in [2.75, 3.05) is 16.9 Å². The van der Waals surface area contributed by atoms with Crippen molar-refractivity contribution < 1.29 is 29.0 Å². The van der Waals surface area contributed by atoms with Crippen molar-refractivity contribution in [2.24, 2.45) is 0 Å². The Kier molecular flexibility index (Phi) is 10.6. The first-order valence-electron chi connectivity index (χ1n) is 14.7. The number of carboxylic acids is 1. The molecule has 45 heavy (non-hydrogen) atoms. The molecular weight excluding hydrogens is 590 g/mol. The second kappa shape index (κ2) is 15.2. The number of hydrogen-bond donors (Lipinski definition) is 4. The van der Waals surface area contributed by atoms with Gasteiger partial charge in [-0.25, -0.2) is 9.59 Å². The summed E-state index contributed by atoms with van der Waals surface area (Å²) < 4.78 is 12.1. The van der Waals surface area contributed by atoms with Crippen LogP contribution in [0.4, 0.5) is 16.2 Å². The number of benzene rings is 4. The van der Waals surface area contributed by atoms with E-state index >= 15 is 0 Å². The largest absolute Gasteiger partial charge is 0.490 e. The summed E-state index contributed by atoms with van der Waals surface area (Å²) in [4.78, 5) is 37.4. The molecule has 4 aromatic carbocycles. The zero-order valence-electron chi connectivity index (χ0n) is 24.8. The standard InChI is InChI=1S/C35H35N3O6S/c1-45-30-20-10-25(11-21-30)37-35(42)36-24-8-14-27(15-9-24)44-29-18-16-28(17-19-29)43-26-12-6-23(7-13-26)22-33(39)38-32-5-3-2-4-31(32)34(40)41/h2-7,10-13,16-21,24,27H,8-9,14-15,22H2,1H3,(H,38,39)(H,40,41)(H2,36,37,42). The highest BCUT2D eigenvalue weighted by molar-refractivity contribution is 7.98. The Bertz CT molecular complexity index is 1600. The van der Waals surface area contributed by atoms with Gasteiger partial charge < -0.3 is 30.5 Å². The maximum atomic E-state index is 12.5. The van der Waals surface area contributed by atoms with Crippen molar-refractivity contribution in [1.82, 2.24) is 5.32 Å². The minimum absolute atomic E-state index is 0.0427. The number of para-hydroxylation sites is 1. The van der Waals surface area contributed by atoms with Gasteiger partial charge in [0.05, 0.1) is 23.8 Å². The number of carbonyl (C=O) groups is 3. The van der Waals surface area contributed by atoms with E-state index in [-0.39, 0.29) is 41.8 Å². The summed E-state index contributed by atoms with van der Waals surface area (Å²) in [6, 6.07) is 28.6. The Balaban J connectivity index is 1.03. The number of nitrogens with one attached hydrogen (secondary N) is 3. The van der Waals surface area contributed by atoms with Crippen LogP contribution in [0.5, 0.6) is 17.2 Å². The van der Waals surface area contributed by atoms with Gasteiger partial charge in [0.15, 0.2) is 0 Å². The lowest BCUT2D eigenvalue weighted by molar-refractivity contribution is -0.115. The van der Waals surface area contributed by atoms with Crippen molar-refractivity contribution in [1.29, 1.82) is 0 Å². The molecule has 1 aliphatic carbocycles. The average Bonchev–Trinajstić information content (AvgIpc) is 3.04. The monoisotopic (exact) mass is 625 g/mol. The predicted octanol–water partition coefficient (Wildman–Crippen LogP) is 7.59. The van der Waals surface area contributed by atoms with Crippen LogP contribution in [0, 0.1) is 0 Å². The van der Waals surface area contributed by atoms with Gasteiger partial charge in [0, 0.05) is 16.6 Å². The minimum Gasteiger partial charge on any atom is -0.490 e. The molecule has 3 amide bonds. The molecule has 5 rings (SSSR count). The lowest BCUT2D eigenvalue weighted by Gasteiger charge is -2.29. The van der Waals surface area contributed by atoms with Crippen LogP contribution in [0.15, 0.2) is 102 Å². The highest BCUT2D eigenvalue weighted by Gasteiger charge is 2.24. The molecule has 4 aromatic rings. The van der Waals surface area contributed by atoms with Crippen LogP contribution in [-0.2, 0) is 11.2 Å². The van der Waals surface area contributed by atoms with Crippen LogP contribution in [0.3, 0.4) is 0 Å². The van der Waals surface area contributed by atoms with Crippen LogP contribution in [0.2, 0.25) is 0 Å². The van der Waals surface area contributed by atoms with Crippen molar-refractivity contribution >= 4 is 41.0 Å². The van der Waals surface area contributed by atoms with E-state index in [0.29, 0.717) is 11.5 Å². The lowest BCUT2D eigenvalue weighted by atomic mass is 9.93. The van der Waals surface area contributed by atoms with E-state index in [1.54, 1.807) is 54.2 Å². The van der Waals surface area contributed by atoms with Gasteiger partial charge in [0.2, 0.25) is 5.91 Å². The van der Waals surface area contributed by atoms with E-state index in [1.807, 2.05) is 54.8 Å². The predicted molar refractivity (Wildman–Crippen MR) is 176 cm³/mol. The molecule has 0 spiro atoms. The molecular formula is C35H35N3O6S. The highest BCUT2D eigenvalue weighted by Crippen LogP contribution is 2.28. The number of anilines is 2. The molecule has 0 aromatic heterocycles. The molecule has 0 heterocycles. The summed E-state index contributed by atoms with van der Waals surface area (Å²) in [5.41, 5.74) is 1.85. The number of rotatable bonds is 11. The SMILES string of the molecule is CSc1ccc(NC(=O)NC2CCC(Oc3ccc(Oc4ccc(CC(=O)Nc5ccccc5C(=O)O)cc4)cc3)CC2)cc1. The summed E-state index contributed by atoms with van der Waals surface area (Å²) >= 11 is 1.66. The number of aromatic carboxylic acids is 1. The molecule has 1 saturated carbocycles. The van der Waals surface area contributed by atoms with Crippen molar-refractivity contribution in [3.05, 3.63) is 108 Å². The fraction of sp³-hybridized carbons (Fsp3) is 0.229. The Hall–Kier alpha value is -4.96. The van der Waals surface area contributed by atoms with E-state index in [4.69, 9.17) is 9.47 Å². The van der Waals surface area contributed by atoms with E-state index in [9.17, 15) is 19.5 Å². The number of hydrogen-bond acceptors (Lipinski definition) is 6. The quantitative estimate of drug-likeness (QED) is 0.127. The number of ether oxygens (including phenoxy) is 2. The van der Waals surface area contributed by atoms with Gasteiger partial charge in [-0.15, -0.1) is 11.8 Å². The first-order chi connectivity index (χ1) is 21.8. The van der Waals surface area contributed by atoms with Gasteiger partial charge in [-0.05, 0) is 110 Å². The lowest BCUT2D eigenvalue weighted by Crippen LogP contribution is -2.41. The fourth-order valence-corrected chi connectivity index (χ4v) is 5.51. The normalized spacial score (nSPS) is 15.8. The minimum atomic E-state index is -1.10. The molecule has 232 valence electrons. The smallest absolute Gasteiger partial charge is 0.337 e. The third kappa shape index (κ3) is 9.26. The summed E-state index contributed by atoms with van der Waals surface area (Å²) in [5, 5.41) is 17.9. The van der Waals surface area contributed by atoms with Gasteiger partial charge in [0.1, 0.15) is 17.2 Å². The number of amides is 3. The molecule has 0 unspecified atom stereocenters. The Morgan fingerprint density at radius 2 is 1.40 bits per heavy atom. The van der Waals surface area contributed by atoms with Crippen molar-refractivity contribution in [2.45, 2.75) is 49.1 Å². The van der Waals surface area contributed by atoms with Crippen molar-refractivity contribution in [3.63, 3.8) is 0 Å². The third-order valence-corrected chi connectivity index (χ3v) is 8.18. The second-order valence-electron chi connectivity index (χ2n) is 10.7. The topological polar surface area (TPSA) is 126 Å². The number of carbonyl (C=O) groups excluding carboxylic acids is 2. The molecule has 0 atom stereocenters. The molecule has 0 aliphatic heterocycles. The zero-order chi connectivity index (χ0) is 31.6. The van der Waals surface area contributed by atoms with E-state index in [2.05, 4.69) is 16.0 Å². The number of urea groups is 1. The van der Waals surface area contributed by atoms with Gasteiger partial charge in [-0.2, -0.15) is 0 Å². The molecule has 9 nitrogen and oxygen atoms in total. The maximum absolute atomic E-state index is 12.5. The molecule has 4 N–H and O–H groups in total. The number of carboxylic acid groups (broad SMARTS) is 1. The molecule has 1 aliphatic rings. The van der Waals surface area contributed by atoms with Crippen LogP contribution >= 0.6 is 11.8 Å². The first kappa shape index (κ1) is 31.5. The average molecular weight is 626 g/mol. The summed E-state index contributed by atoms with van der Waals surface area (Å²) in [7, 11) is 0. The molecule has 10 heteroatoms. The van der Waals surface area contributed by atoms with Crippen LogP contribution < -0.4 is 25.4 Å². The molecule has 0 radical (unpaired) electrons. The van der Waals surface area contributed by atoms with Gasteiger partial charge in [-0.1, -0.05) is 24.3 Å². The molecule has 1 fully saturated rings. The Labute approximate surface area is 266 Å². The summed E-state index contributed by atoms with van der Waals surface area (Å²) in [6.45, 7) is 0. The number of thioether (sulfide) groups is 1. The van der Waals surface area contributed by atoms with Crippen molar-refractivity contribution in [3.8, 4) is 17.2 Å². The first-order valence-corrected chi connectivity index (χ1v) is 15.9. The van der Waals surface area contributed by atoms with Gasteiger partial charge in [0.25, 0.3) is 0 Å². The van der Waals surface area contributed by atoms with Gasteiger partial charge in [-0.3, -0.25) is 4.79 Å².